The van der Waals surface area contributed by atoms with Crippen molar-refractivity contribution in [2.45, 2.75) is 155 Å². The molecular formula is C42H65N3O12. The van der Waals surface area contributed by atoms with E-state index >= 15 is 0 Å². The molecular weight excluding hydrogens is 738 g/mol. The zero-order valence-corrected chi connectivity index (χ0v) is 35.2. The molecule has 1 N–H and O–H groups in total. The molecule has 1 aliphatic carbocycles. The van der Waals surface area contributed by atoms with E-state index in [2.05, 4.69) is 10.2 Å². The van der Waals surface area contributed by atoms with Crippen molar-refractivity contribution in [1.82, 2.24) is 15.1 Å². The quantitative estimate of drug-likeness (QED) is 0.165. The number of nitrogens with zero attached hydrogens (tertiary/aromatic N) is 2. The molecule has 4 atom stereocenters. The topological polar surface area (TPSA) is 168 Å². The second-order valence-corrected chi connectivity index (χ2v) is 17.6. The van der Waals surface area contributed by atoms with Gasteiger partial charge in [-0.15, -0.1) is 0 Å². The van der Waals surface area contributed by atoms with E-state index in [4.69, 9.17) is 33.2 Å². The number of carbonyl (C=O) groups is 5. The number of nitrogens with one attached hydrogen (secondary N) is 1. The van der Waals surface area contributed by atoms with Crippen LogP contribution in [0.1, 0.15) is 112 Å². The molecule has 15 heteroatoms. The van der Waals surface area contributed by atoms with E-state index in [9.17, 15) is 24.0 Å². The number of morpholine rings is 1. The summed E-state index contributed by atoms with van der Waals surface area (Å²) in [6.45, 7) is 16.1. The van der Waals surface area contributed by atoms with E-state index in [1.807, 2.05) is 18.2 Å². The lowest BCUT2D eigenvalue weighted by Crippen LogP contribution is -2.51. The SMILES string of the molecule is CC(C)(C)OC(=O)[C@H](CCC(=O)OCC(CN1CCOCC1)OC(=O)[C@@H]1OC(C)(C)N(C(=O)OC(C)(C)C)[C@H]1CC1CCCCC1)NC(=O)OCc1ccccc1. The Morgan fingerprint density at radius 3 is 2.18 bits per heavy atom. The van der Waals surface area contributed by atoms with Crippen molar-refractivity contribution < 1.29 is 57.1 Å². The van der Waals surface area contributed by atoms with Crippen molar-refractivity contribution in [3.05, 3.63) is 35.9 Å². The van der Waals surface area contributed by atoms with Crippen molar-refractivity contribution in [2.75, 3.05) is 39.5 Å². The maximum Gasteiger partial charge on any atom is 0.412 e. The van der Waals surface area contributed by atoms with Gasteiger partial charge in [-0.2, -0.15) is 0 Å². The Morgan fingerprint density at radius 2 is 1.54 bits per heavy atom. The predicted molar refractivity (Wildman–Crippen MR) is 209 cm³/mol. The maximum atomic E-state index is 14.2. The van der Waals surface area contributed by atoms with E-state index < -0.39 is 71.3 Å². The molecule has 0 aromatic heterocycles. The molecule has 1 saturated carbocycles. The summed E-state index contributed by atoms with van der Waals surface area (Å²) in [4.78, 5) is 70.4. The lowest BCUT2D eigenvalue weighted by atomic mass is 9.83. The molecule has 320 valence electrons. The highest BCUT2D eigenvalue weighted by Crippen LogP contribution is 2.40. The molecule has 2 amide bonds. The van der Waals surface area contributed by atoms with Gasteiger partial charge in [0.15, 0.2) is 6.10 Å². The van der Waals surface area contributed by atoms with Crippen LogP contribution in [0.4, 0.5) is 9.59 Å². The fraction of sp³-hybridized carbons (Fsp3) is 0.738. The van der Waals surface area contributed by atoms with Gasteiger partial charge >= 0.3 is 30.1 Å². The predicted octanol–water partition coefficient (Wildman–Crippen LogP) is 5.90. The Morgan fingerprint density at radius 1 is 0.895 bits per heavy atom. The van der Waals surface area contributed by atoms with Crippen molar-refractivity contribution in [3.8, 4) is 0 Å². The molecule has 4 rings (SSSR count). The highest BCUT2D eigenvalue weighted by molar-refractivity contribution is 5.82. The lowest BCUT2D eigenvalue weighted by Gasteiger charge is -2.36. The first-order valence-electron chi connectivity index (χ1n) is 20.4. The fourth-order valence-corrected chi connectivity index (χ4v) is 7.32. The van der Waals surface area contributed by atoms with Crippen LogP contribution in [0, 0.1) is 5.92 Å². The first kappa shape index (κ1) is 45.7. The van der Waals surface area contributed by atoms with Crippen LogP contribution in [-0.4, -0.2) is 121 Å². The Labute approximate surface area is 337 Å². The van der Waals surface area contributed by atoms with Gasteiger partial charge in [0, 0.05) is 26.1 Å². The molecule has 1 unspecified atom stereocenters. The number of rotatable bonds is 15. The van der Waals surface area contributed by atoms with Crippen LogP contribution < -0.4 is 5.32 Å². The second-order valence-electron chi connectivity index (χ2n) is 17.6. The number of esters is 3. The van der Waals surface area contributed by atoms with E-state index in [-0.39, 0.29) is 32.6 Å². The minimum atomic E-state index is -1.20. The first-order valence-corrected chi connectivity index (χ1v) is 20.4. The van der Waals surface area contributed by atoms with Crippen LogP contribution in [0.3, 0.4) is 0 Å². The van der Waals surface area contributed by atoms with Crippen molar-refractivity contribution >= 4 is 30.1 Å². The average Bonchev–Trinajstić information content (AvgIpc) is 3.40. The molecule has 2 heterocycles. The molecule has 15 nitrogen and oxygen atoms in total. The molecule has 3 fully saturated rings. The van der Waals surface area contributed by atoms with Gasteiger partial charge in [-0.1, -0.05) is 62.4 Å². The van der Waals surface area contributed by atoms with Crippen LogP contribution in [0.2, 0.25) is 0 Å². The van der Waals surface area contributed by atoms with Crippen molar-refractivity contribution in [3.63, 3.8) is 0 Å². The third-order valence-corrected chi connectivity index (χ3v) is 9.91. The fourth-order valence-electron chi connectivity index (χ4n) is 7.32. The number of hydrogen-bond donors (Lipinski definition) is 1. The van der Waals surface area contributed by atoms with E-state index in [1.165, 1.54) is 0 Å². The molecule has 1 aromatic rings. The Kier molecular flexibility index (Phi) is 16.6. The zero-order chi connectivity index (χ0) is 41.8. The molecule has 0 radical (unpaired) electrons. The third-order valence-electron chi connectivity index (χ3n) is 9.91. The highest BCUT2D eigenvalue weighted by Gasteiger charge is 2.55. The number of alkyl carbamates (subject to hydrolysis) is 1. The smallest absolute Gasteiger partial charge is 0.412 e. The number of amides is 2. The summed E-state index contributed by atoms with van der Waals surface area (Å²) in [7, 11) is 0. The van der Waals surface area contributed by atoms with Crippen LogP contribution in [0.25, 0.3) is 0 Å². The number of benzene rings is 1. The number of hydrogen-bond acceptors (Lipinski definition) is 13. The summed E-state index contributed by atoms with van der Waals surface area (Å²) in [5, 5.41) is 2.52. The van der Waals surface area contributed by atoms with Gasteiger partial charge in [-0.05, 0) is 79.7 Å². The molecule has 0 bridgehead atoms. The minimum Gasteiger partial charge on any atom is -0.462 e. The van der Waals surface area contributed by atoms with Gasteiger partial charge < -0.3 is 38.5 Å². The first-order chi connectivity index (χ1) is 26.8. The summed E-state index contributed by atoms with van der Waals surface area (Å²) >= 11 is 0. The maximum absolute atomic E-state index is 14.2. The summed E-state index contributed by atoms with van der Waals surface area (Å²) in [6.07, 6.45) is 2.10. The Balaban J connectivity index is 1.44. The van der Waals surface area contributed by atoms with Crippen LogP contribution >= 0.6 is 0 Å². The number of ether oxygens (including phenoxy) is 7. The van der Waals surface area contributed by atoms with Crippen LogP contribution in [0.5, 0.6) is 0 Å². The minimum absolute atomic E-state index is 0.0111. The summed E-state index contributed by atoms with van der Waals surface area (Å²) < 4.78 is 40.2. The van der Waals surface area contributed by atoms with E-state index in [0.717, 1.165) is 37.7 Å². The monoisotopic (exact) mass is 803 g/mol. The van der Waals surface area contributed by atoms with Gasteiger partial charge in [0.25, 0.3) is 0 Å². The molecule has 2 aliphatic heterocycles. The molecule has 0 spiro atoms. The lowest BCUT2D eigenvalue weighted by molar-refractivity contribution is -0.174. The summed E-state index contributed by atoms with van der Waals surface area (Å²) in [5.41, 5.74) is -2.01. The normalized spacial score (nSPS) is 21.5. The van der Waals surface area contributed by atoms with Gasteiger partial charge in [0.1, 0.15) is 42.3 Å². The van der Waals surface area contributed by atoms with E-state index in [0.29, 0.717) is 38.6 Å². The standard InChI is InChI=1S/C42H65N3O12/c1-40(2,3)56-36(47)32(43-38(49)53-27-30-17-13-10-14-18-30)19-20-34(46)52-28-31(26-44-21-23-51-24-22-44)54-37(48)35-33(25-29-15-11-9-12-16-29)45(42(7,8)55-35)39(50)57-41(4,5)6/h10,13-14,17-18,29,31-33,35H,9,11-12,15-16,19-28H2,1-8H3,(H,43,49)/t31?,32-,33-,35+/m0/s1. The Bertz CT molecular complexity index is 1480. The van der Waals surface area contributed by atoms with Crippen molar-refractivity contribution in [2.24, 2.45) is 5.92 Å². The van der Waals surface area contributed by atoms with Gasteiger partial charge in [0.2, 0.25) is 0 Å². The molecule has 1 aromatic carbocycles. The van der Waals surface area contributed by atoms with Crippen LogP contribution in [-0.2, 0) is 54.1 Å². The van der Waals surface area contributed by atoms with Gasteiger partial charge in [-0.3, -0.25) is 14.6 Å². The average molecular weight is 804 g/mol. The van der Waals surface area contributed by atoms with Crippen molar-refractivity contribution in [1.29, 1.82) is 0 Å². The highest BCUT2D eigenvalue weighted by atomic mass is 16.6. The summed E-state index contributed by atoms with van der Waals surface area (Å²) in [6, 6.07) is 7.25. The van der Waals surface area contributed by atoms with Crippen LogP contribution in [0.15, 0.2) is 30.3 Å². The summed E-state index contributed by atoms with van der Waals surface area (Å²) in [5.74, 6) is -1.76. The Hall–Kier alpha value is -3.95. The zero-order valence-electron chi connectivity index (χ0n) is 35.2. The van der Waals surface area contributed by atoms with Gasteiger partial charge in [-0.25, -0.2) is 19.2 Å². The third kappa shape index (κ3) is 15.4. The largest absolute Gasteiger partial charge is 0.462 e. The molecule has 3 aliphatic rings. The molecule has 2 saturated heterocycles. The number of carbonyl (C=O) groups excluding carboxylic acids is 5. The molecule has 57 heavy (non-hydrogen) atoms. The van der Waals surface area contributed by atoms with Gasteiger partial charge in [0.05, 0.1) is 19.3 Å². The second kappa shape index (κ2) is 20.6. The van der Waals surface area contributed by atoms with E-state index in [1.54, 1.807) is 72.4 Å².